The van der Waals surface area contributed by atoms with Crippen LogP contribution in [0.15, 0.2) is 35.7 Å². The van der Waals surface area contributed by atoms with Gasteiger partial charge in [0, 0.05) is 24.0 Å². The molecular weight excluding hydrogens is 515 g/mol. The molecule has 0 unspecified atom stereocenters. The zero-order valence-corrected chi connectivity index (χ0v) is 19.3. The van der Waals surface area contributed by atoms with Crippen LogP contribution in [0.3, 0.4) is 0 Å². The van der Waals surface area contributed by atoms with Crippen molar-refractivity contribution in [2.75, 3.05) is 19.6 Å². The van der Waals surface area contributed by atoms with E-state index in [0.717, 1.165) is 23.6 Å². The summed E-state index contributed by atoms with van der Waals surface area (Å²) in [5, 5.41) is 15.3. The van der Waals surface area contributed by atoms with Gasteiger partial charge in [-0.05, 0) is 6.07 Å². The Hall–Kier alpha value is -3.98. The van der Waals surface area contributed by atoms with Crippen molar-refractivity contribution in [3.63, 3.8) is 0 Å². The number of alkyl halides is 3. The maximum Gasteiger partial charge on any atom is 0.433 e. The number of nitrogens with one attached hydrogen (secondary N) is 1. The molecule has 0 saturated carbocycles. The van der Waals surface area contributed by atoms with Gasteiger partial charge in [0.05, 0.1) is 37.1 Å². The van der Waals surface area contributed by atoms with Crippen LogP contribution in [-0.4, -0.2) is 44.7 Å². The highest BCUT2D eigenvalue weighted by Crippen LogP contribution is 2.41. The van der Waals surface area contributed by atoms with Crippen molar-refractivity contribution in [1.29, 1.82) is 0 Å². The summed E-state index contributed by atoms with van der Waals surface area (Å²) in [7, 11) is 2.62. The van der Waals surface area contributed by atoms with E-state index in [1.807, 2.05) is 0 Å². The average molecular weight is 528 g/mol. The Bertz CT molecular complexity index is 1450. The van der Waals surface area contributed by atoms with E-state index >= 15 is 0 Å². The molecule has 3 aromatic heterocycles. The maximum absolute atomic E-state index is 12.9. The van der Waals surface area contributed by atoms with Gasteiger partial charge < -0.3 is 9.47 Å². The van der Waals surface area contributed by atoms with Crippen molar-refractivity contribution in [2.24, 2.45) is 5.10 Å². The van der Waals surface area contributed by atoms with E-state index in [4.69, 9.17) is 21.1 Å². The number of hydrazone groups is 1. The Morgan fingerprint density at radius 2 is 2.00 bits per heavy atom. The minimum absolute atomic E-state index is 0.0291. The van der Waals surface area contributed by atoms with Gasteiger partial charge in [-0.3, -0.25) is 14.5 Å². The van der Waals surface area contributed by atoms with Gasteiger partial charge in [0.15, 0.2) is 10.7 Å². The third-order valence-electron chi connectivity index (χ3n) is 4.59. The van der Waals surface area contributed by atoms with Crippen molar-refractivity contribution in [1.82, 2.24) is 19.4 Å². The predicted molar refractivity (Wildman–Crippen MR) is 122 cm³/mol. The first-order valence-electron chi connectivity index (χ1n) is 9.40. The molecule has 11 nitrogen and oxygen atoms in total. The van der Waals surface area contributed by atoms with Crippen molar-refractivity contribution in [3.05, 3.63) is 56.4 Å². The summed E-state index contributed by atoms with van der Waals surface area (Å²) >= 11 is 7.25. The van der Waals surface area contributed by atoms with E-state index in [-0.39, 0.29) is 23.1 Å². The van der Waals surface area contributed by atoms with Gasteiger partial charge in [0.25, 0.3) is 0 Å². The zero-order chi connectivity index (χ0) is 25.3. The summed E-state index contributed by atoms with van der Waals surface area (Å²) in [6.07, 6.45) is -0.861. The lowest BCUT2D eigenvalue weighted by atomic mass is 10.1. The number of hydrogen-bond acceptors (Lipinski definition) is 10. The van der Waals surface area contributed by atoms with Crippen LogP contribution in [0.25, 0.3) is 16.2 Å². The van der Waals surface area contributed by atoms with Gasteiger partial charge in [0.2, 0.25) is 5.95 Å². The van der Waals surface area contributed by atoms with E-state index in [1.54, 1.807) is 10.6 Å². The van der Waals surface area contributed by atoms with Crippen LogP contribution in [0.1, 0.15) is 11.4 Å². The van der Waals surface area contributed by atoms with Crippen molar-refractivity contribution >= 4 is 45.7 Å². The number of nitro benzene ring substituents is 1. The van der Waals surface area contributed by atoms with E-state index in [2.05, 4.69) is 25.5 Å². The summed E-state index contributed by atoms with van der Waals surface area (Å²) < 4.78 is 51.2. The molecule has 3 heterocycles. The maximum atomic E-state index is 12.9. The number of rotatable bonds is 7. The minimum atomic E-state index is -4.65. The molecule has 182 valence electrons. The van der Waals surface area contributed by atoms with E-state index in [9.17, 15) is 23.3 Å². The van der Waals surface area contributed by atoms with Crippen LogP contribution in [-0.2, 0) is 6.18 Å². The van der Waals surface area contributed by atoms with Crippen molar-refractivity contribution in [2.45, 2.75) is 6.18 Å². The van der Waals surface area contributed by atoms with Crippen LogP contribution in [0.4, 0.5) is 24.8 Å². The van der Waals surface area contributed by atoms with Gasteiger partial charge >= 0.3 is 11.9 Å². The topological polar surface area (TPSA) is 129 Å². The molecule has 0 radical (unpaired) electrons. The SMILES string of the molecule is COc1cc([N+](=O)[O-])c(OC)cc1-c1nc2sc(Cl)cn2c1/C=N/Nc1nccc(C(F)(F)F)n1. The highest BCUT2D eigenvalue weighted by atomic mass is 35.5. The zero-order valence-electron chi connectivity index (χ0n) is 17.7. The normalized spacial score (nSPS) is 11.8. The Labute approximate surface area is 203 Å². The molecule has 0 aliphatic rings. The molecule has 4 rings (SSSR count). The quantitative estimate of drug-likeness (QED) is 0.204. The highest BCUT2D eigenvalue weighted by molar-refractivity contribution is 7.20. The lowest BCUT2D eigenvalue weighted by molar-refractivity contribution is -0.385. The monoisotopic (exact) mass is 527 g/mol. The molecule has 0 amide bonds. The number of ether oxygens (including phenoxy) is 2. The molecule has 1 aromatic carbocycles. The fraction of sp³-hybridized carbons (Fsp3) is 0.158. The predicted octanol–water partition coefficient (Wildman–Crippen LogP) is 4.90. The number of benzene rings is 1. The fourth-order valence-electron chi connectivity index (χ4n) is 3.09. The first kappa shape index (κ1) is 24.2. The Kier molecular flexibility index (Phi) is 6.45. The third-order valence-corrected chi connectivity index (χ3v) is 5.69. The molecule has 0 aliphatic heterocycles. The number of anilines is 1. The summed E-state index contributed by atoms with van der Waals surface area (Å²) in [6, 6.07) is 3.32. The molecule has 4 aromatic rings. The van der Waals surface area contributed by atoms with Gasteiger partial charge in [-0.2, -0.15) is 18.3 Å². The number of thiazole rings is 1. The largest absolute Gasteiger partial charge is 0.496 e. The molecule has 0 spiro atoms. The van der Waals surface area contributed by atoms with Crippen LogP contribution < -0.4 is 14.9 Å². The number of hydrogen-bond donors (Lipinski definition) is 1. The minimum Gasteiger partial charge on any atom is -0.496 e. The Balaban J connectivity index is 1.79. The summed E-state index contributed by atoms with van der Waals surface area (Å²) in [5.74, 6) is -0.270. The van der Waals surface area contributed by atoms with Gasteiger partial charge in [-0.25, -0.2) is 20.4 Å². The van der Waals surface area contributed by atoms with Crippen molar-refractivity contribution < 1.29 is 27.6 Å². The number of nitro groups is 1. The van der Waals surface area contributed by atoms with E-state index in [0.29, 0.717) is 26.2 Å². The molecule has 16 heteroatoms. The number of methoxy groups -OCH3 is 2. The molecule has 0 saturated heterocycles. The fourth-order valence-corrected chi connectivity index (χ4v) is 4.11. The molecule has 0 fully saturated rings. The van der Waals surface area contributed by atoms with Gasteiger partial charge in [0.1, 0.15) is 21.5 Å². The van der Waals surface area contributed by atoms with Gasteiger partial charge in [-0.15, -0.1) is 0 Å². The molecule has 0 aliphatic carbocycles. The second-order valence-corrected chi connectivity index (χ2v) is 8.29. The second kappa shape index (κ2) is 9.34. The highest BCUT2D eigenvalue weighted by Gasteiger charge is 2.32. The summed E-state index contributed by atoms with van der Waals surface area (Å²) in [5.41, 5.74) is 1.90. The summed E-state index contributed by atoms with van der Waals surface area (Å²) in [6.45, 7) is 0. The second-order valence-electron chi connectivity index (χ2n) is 6.65. The van der Waals surface area contributed by atoms with Crippen LogP contribution >= 0.6 is 22.9 Å². The summed E-state index contributed by atoms with van der Waals surface area (Å²) in [4.78, 5) is 22.9. The number of fused-ring (bicyclic) bond motifs is 1. The van der Waals surface area contributed by atoms with Crippen LogP contribution in [0.2, 0.25) is 4.34 Å². The molecular formula is C19H13ClF3N7O4S. The van der Waals surface area contributed by atoms with Gasteiger partial charge in [-0.1, -0.05) is 22.9 Å². The molecule has 1 N–H and O–H groups in total. The smallest absolute Gasteiger partial charge is 0.433 e. The average Bonchev–Trinajstić information content (AvgIpc) is 3.34. The number of halogens is 4. The number of imidazole rings is 1. The standard InChI is InChI=1S/C19H13ClF3N7O4S/c1-33-12-6-10(30(31)32)13(34-2)5-9(12)16-11(29-8-15(20)35-18(29)27-16)7-25-28-17-24-4-3-14(26-17)19(21,22)23/h3-8H,1-2H3,(H,24,26,28)/b25-7+. The lowest BCUT2D eigenvalue weighted by Crippen LogP contribution is -2.10. The Morgan fingerprint density at radius 3 is 2.66 bits per heavy atom. The Morgan fingerprint density at radius 1 is 1.26 bits per heavy atom. The van der Waals surface area contributed by atoms with E-state index in [1.165, 1.54) is 32.6 Å². The molecule has 35 heavy (non-hydrogen) atoms. The third kappa shape index (κ3) is 4.81. The van der Waals surface area contributed by atoms with Crippen molar-refractivity contribution in [3.8, 4) is 22.8 Å². The van der Waals surface area contributed by atoms with Crippen LogP contribution in [0.5, 0.6) is 11.5 Å². The first-order chi connectivity index (χ1) is 16.6. The lowest BCUT2D eigenvalue weighted by Gasteiger charge is -2.10. The molecule has 0 atom stereocenters. The first-order valence-corrected chi connectivity index (χ1v) is 10.6. The number of nitrogens with zero attached hydrogens (tertiary/aromatic N) is 6. The molecule has 0 bridgehead atoms. The van der Waals surface area contributed by atoms with Crippen LogP contribution in [0, 0.1) is 10.1 Å². The van der Waals surface area contributed by atoms with E-state index < -0.39 is 16.8 Å². The number of aromatic nitrogens is 4.